The van der Waals surface area contributed by atoms with Crippen molar-refractivity contribution >= 4 is 11.0 Å². The molecule has 2 rings (SSSR count). The van der Waals surface area contributed by atoms with Gasteiger partial charge in [-0.05, 0) is 32.6 Å². The lowest BCUT2D eigenvalue weighted by Crippen LogP contribution is -2.24. The van der Waals surface area contributed by atoms with Gasteiger partial charge in [-0.1, -0.05) is 19.1 Å². The van der Waals surface area contributed by atoms with Crippen LogP contribution in [0.1, 0.15) is 25.2 Å². The Morgan fingerprint density at radius 1 is 1.29 bits per heavy atom. The number of hydrogen-bond acceptors (Lipinski definition) is 4. The fourth-order valence-corrected chi connectivity index (χ4v) is 2.70. The highest BCUT2D eigenvalue weighted by atomic mass is 16.5. The van der Waals surface area contributed by atoms with Crippen LogP contribution in [0.2, 0.25) is 0 Å². The Balaban J connectivity index is 2.33. The van der Waals surface area contributed by atoms with E-state index < -0.39 is 0 Å². The first-order valence-electron chi connectivity index (χ1n) is 7.58. The molecule has 116 valence electrons. The van der Waals surface area contributed by atoms with Crippen molar-refractivity contribution in [2.45, 2.75) is 25.9 Å². The average Bonchev–Trinajstić information content (AvgIpc) is 2.82. The molecule has 1 unspecified atom stereocenters. The Kier molecular flexibility index (Phi) is 5.73. The molecule has 2 N–H and O–H groups in total. The highest BCUT2D eigenvalue weighted by molar-refractivity contribution is 5.76. The Bertz CT molecular complexity index is 564. The number of aromatic nitrogens is 2. The molecule has 0 radical (unpaired) electrons. The summed E-state index contributed by atoms with van der Waals surface area (Å²) in [5.41, 5.74) is 7.69. The van der Waals surface area contributed by atoms with Crippen LogP contribution in [0.4, 0.5) is 0 Å². The van der Waals surface area contributed by atoms with Crippen LogP contribution in [0, 0.1) is 0 Å². The maximum Gasteiger partial charge on any atom is 0.127 e. The third-order valence-electron chi connectivity index (χ3n) is 3.71. The molecule has 0 fully saturated rings. The summed E-state index contributed by atoms with van der Waals surface area (Å²) < 4.78 is 7.82. The van der Waals surface area contributed by atoms with Gasteiger partial charge in [-0.25, -0.2) is 4.98 Å². The molecule has 2 aromatic rings. The lowest BCUT2D eigenvalue weighted by Gasteiger charge is -2.23. The predicted octanol–water partition coefficient (Wildman–Crippen LogP) is 2.02. The quantitative estimate of drug-likeness (QED) is 0.756. The zero-order valence-electron chi connectivity index (χ0n) is 13.2. The fourth-order valence-electron chi connectivity index (χ4n) is 2.70. The van der Waals surface area contributed by atoms with Crippen molar-refractivity contribution in [1.29, 1.82) is 0 Å². The molecule has 21 heavy (non-hydrogen) atoms. The number of rotatable bonds is 8. The minimum atomic E-state index is 0.312. The molecule has 1 aromatic carbocycles. The van der Waals surface area contributed by atoms with E-state index in [2.05, 4.69) is 48.7 Å². The third-order valence-corrected chi connectivity index (χ3v) is 3.71. The van der Waals surface area contributed by atoms with Crippen molar-refractivity contribution in [2.24, 2.45) is 5.73 Å². The van der Waals surface area contributed by atoms with Crippen LogP contribution < -0.4 is 5.73 Å². The van der Waals surface area contributed by atoms with Crippen LogP contribution >= 0.6 is 0 Å². The van der Waals surface area contributed by atoms with Gasteiger partial charge in [0, 0.05) is 13.1 Å². The second-order valence-electron chi connectivity index (χ2n) is 5.40. The zero-order valence-corrected chi connectivity index (χ0v) is 13.2. The van der Waals surface area contributed by atoms with Gasteiger partial charge in [0.15, 0.2) is 0 Å². The van der Waals surface area contributed by atoms with Crippen molar-refractivity contribution in [3.8, 4) is 0 Å². The second kappa shape index (κ2) is 7.54. The summed E-state index contributed by atoms with van der Waals surface area (Å²) in [5.74, 6) is 1.11. The third kappa shape index (κ3) is 3.61. The standard InChI is InChI=1S/C16H26N4O/c1-4-14(19(2)3)16-18-13-7-5-6-8-15(13)20(16)10-12-21-11-9-17/h5-8,14H,4,9-12,17H2,1-3H3. The van der Waals surface area contributed by atoms with Crippen molar-refractivity contribution in [2.75, 3.05) is 33.9 Å². The van der Waals surface area contributed by atoms with E-state index in [1.54, 1.807) is 0 Å². The lowest BCUT2D eigenvalue weighted by atomic mass is 10.2. The first kappa shape index (κ1) is 15.9. The van der Waals surface area contributed by atoms with Crippen molar-refractivity contribution < 1.29 is 4.74 Å². The Morgan fingerprint density at radius 3 is 2.71 bits per heavy atom. The molecule has 1 atom stereocenters. The smallest absolute Gasteiger partial charge is 0.127 e. The summed E-state index contributed by atoms with van der Waals surface area (Å²) in [6.07, 6.45) is 1.03. The van der Waals surface area contributed by atoms with Gasteiger partial charge in [0.25, 0.3) is 0 Å². The number of ether oxygens (including phenoxy) is 1. The molecule has 1 aromatic heterocycles. The molecule has 0 amide bonds. The molecule has 0 aliphatic heterocycles. The number of nitrogens with zero attached hydrogens (tertiary/aromatic N) is 3. The van der Waals surface area contributed by atoms with Gasteiger partial charge in [0.2, 0.25) is 0 Å². The van der Waals surface area contributed by atoms with Gasteiger partial charge in [-0.15, -0.1) is 0 Å². The maximum atomic E-state index is 5.55. The monoisotopic (exact) mass is 290 g/mol. The molecule has 0 bridgehead atoms. The number of fused-ring (bicyclic) bond motifs is 1. The van der Waals surface area contributed by atoms with Crippen LogP contribution in [0.5, 0.6) is 0 Å². The van der Waals surface area contributed by atoms with Crippen LogP contribution in [0.25, 0.3) is 11.0 Å². The Labute approximate surface area is 126 Å². The maximum absolute atomic E-state index is 5.55. The topological polar surface area (TPSA) is 56.3 Å². The van der Waals surface area contributed by atoms with Crippen LogP contribution in [0.15, 0.2) is 24.3 Å². The van der Waals surface area contributed by atoms with E-state index in [-0.39, 0.29) is 0 Å². The SMILES string of the molecule is CCC(c1nc2ccccc2n1CCOCCN)N(C)C. The number of nitrogens with two attached hydrogens (primary N) is 1. The number of hydrogen-bond donors (Lipinski definition) is 1. The molecule has 0 aliphatic carbocycles. The van der Waals surface area contributed by atoms with Gasteiger partial charge in [0.1, 0.15) is 5.82 Å². The van der Waals surface area contributed by atoms with E-state index in [1.165, 1.54) is 5.52 Å². The Morgan fingerprint density at radius 2 is 2.05 bits per heavy atom. The van der Waals surface area contributed by atoms with E-state index in [0.29, 0.717) is 25.8 Å². The molecule has 0 saturated carbocycles. The van der Waals surface area contributed by atoms with E-state index in [9.17, 15) is 0 Å². The highest BCUT2D eigenvalue weighted by Gasteiger charge is 2.20. The summed E-state index contributed by atoms with van der Waals surface area (Å²) >= 11 is 0. The minimum Gasteiger partial charge on any atom is -0.378 e. The molecule has 5 nitrogen and oxygen atoms in total. The van der Waals surface area contributed by atoms with Gasteiger partial charge in [-0.3, -0.25) is 4.90 Å². The van der Waals surface area contributed by atoms with Gasteiger partial charge < -0.3 is 15.0 Å². The van der Waals surface area contributed by atoms with Crippen molar-refractivity contribution in [3.05, 3.63) is 30.1 Å². The molecule has 0 saturated heterocycles. The molecule has 5 heteroatoms. The molecule has 0 spiro atoms. The molecule has 0 aliphatic rings. The molecule has 1 heterocycles. The number of benzene rings is 1. The van der Waals surface area contributed by atoms with Gasteiger partial charge in [-0.2, -0.15) is 0 Å². The van der Waals surface area contributed by atoms with Crippen molar-refractivity contribution in [3.63, 3.8) is 0 Å². The lowest BCUT2D eigenvalue weighted by molar-refractivity contribution is 0.132. The van der Waals surface area contributed by atoms with E-state index in [1.807, 2.05) is 6.07 Å². The van der Waals surface area contributed by atoms with Crippen LogP contribution in [-0.4, -0.2) is 48.3 Å². The minimum absolute atomic E-state index is 0.312. The fraction of sp³-hybridized carbons (Fsp3) is 0.562. The first-order valence-corrected chi connectivity index (χ1v) is 7.58. The van der Waals surface area contributed by atoms with E-state index >= 15 is 0 Å². The van der Waals surface area contributed by atoms with Crippen LogP contribution in [0.3, 0.4) is 0 Å². The summed E-state index contributed by atoms with van der Waals surface area (Å²) in [6.45, 7) is 4.83. The largest absolute Gasteiger partial charge is 0.378 e. The molecular formula is C16H26N4O. The van der Waals surface area contributed by atoms with E-state index in [0.717, 1.165) is 24.3 Å². The van der Waals surface area contributed by atoms with Gasteiger partial charge in [0.05, 0.1) is 30.3 Å². The zero-order chi connectivity index (χ0) is 15.2. The van der Waals surface area contributed by atoms with E-state index in [4.69, 9.17) is 15.5 Å². The second-order valence-corrected chi connectivity index (χ2v) is 5.40. The number of para-hydroxylation sites is 2. The summed E-state index contributed by atoms with van der Waals surface area (Å²) in [7, 11) is 4.20. The summed E-state index contributed by atoms with van der Waals surface area (Å²) in [6, 6.07) is 8.59. The van der Waals surface area contributed by atoms with Crippen molar-refractivity contribution in [1.82, 2.24) is 14.5 Å². The molecular weight excluding hydrogens is 264 g/mol. The summed E-state index contributed by atoms with van der Waals surface area (Å²) in [4.78, 5) is 7.07. The average molecular weight is 290 g/mol. The predicted molar refractivity (Wildman–Crippen MR) is 86.3 cm³/mol. The van der Waals surface area contributed by atoms with Gasteiger partial charge >= 0.3 is 0 Å². The normalized spacial score (nSPS) is 13.2. The highest BCUT2D eigenvalue weighted by Crippen LogP contribution is 2.25. The summed E-state index contributed by atoms with van der Waals surface area (Å²) in [5, 5.41) is 0. The first-order chi connectivity index (χ1) is 10.2. The number of imidazole rings is 1. The van der Waals surface area contributed by atoms with Crippen LogP contribution in [-0.2, 0) is 11.3 Å². The Hall–Kier alpha value is -1.43.